The molecule has 158 valence electrons. The van der Waals surface area contributed by atoms with Crippen molar-refractivity contribution < 1.29 is 13.9 Å². The van der Waals surface area contributed by atoms with E-state index in [9.17, 15) is 4.79 Å². The van der Waals surface area contributed by atoms with E-state index >= 15 is 0 Å². The van der Waals surface area contributed by atoms with E-state index in [1.807, 2.05) is 44.4 Å². The fourth-order valence-corrected chi connectivity index (χ4v) is 3.85. The second-order valence-electron chi connectivity index (χ2n) is 7.44. The average Bonchev–Trinajstić information content (AvgIpc) is 3.33. The molecule has 1 amide bonds. The first-order valence-corrected chi connectivity index (χ1v) is 11.0. The highest BCUT2D eigenvalue weighted by atomic mass is 127. The predicted octanol–water partition coefficient (Wildman–Crippen LogP) is 5.22. The Morgan fingerprint density at radius 1 is 1.43 bits per heavy atom. The van der Waals surface area contributed by atoms with E-state index in [1.54, 1.807) is 19.5 Å². The number of hydrogen-bond acceptors (Lipinski definition) is 8. The third-order valence-electron chi connectivity index (χ3n) is 3.71. The maximum atomic E-state index is 12.1. The summed E-state index contributed by atoms with van der Waals surface area (Å²) in [5.41, 5.74) is 5.07. The Kier molecular flexibility index (Phi) is 7.08. The normalized spacial score (nSPS) is 11.6. The Balaban J connectivity index is 1.56. The summed E-state index contributed by atoms with van der Waals surface area (Å²) < 4.78 is 11.7. The summed E-state index contributed by atoms with van der Waals surface area (Å²) in [5.74, 6) is 0.723. The number of amides is 1. The lowest BCUT2D eigenvalue weighted by molar-refractivity contribution is 0.0283. The Labute approximate surface area is 192 Å². The lowest BCUT2D eigenvalue weighted by atomic mass is 10.2. The van der Waals surface area contributed by atoms with Crippen LogP contribution in [-0.2, 0) is 11.3 Å². The molecule has 2 heterocycles. The van der Waals surface area contributed by atoms with E-state index in [1.165, 1.54) is 22.6 Å². The molecule has 1 N–H and O–H groups in total. The molecule has 0 aliphatic carbocycles. The van der Waals surface area contributed by atoms with Gasteiger partial charge in [-0.1, -0.05) is 0 Å². The Morgan fingerprint density at radius 2 is 2.23 bits per heavy atom. The van der Waals surface area contributed by atoms with Crippen molar-refractivity contribution in [1.82, 2.24) is 14.9 Å². The summed E-state index contributed by atoms with van der Waals surface area (Å²) in [4.78, 5) is 22.0. The number of rotatable bonds is 6. The first kappa shape index (κ1) is 22.2. The second kappa shape index (κ2) is 9.56. The van der Waals surface area contributed by atoms with Gasteiger partial charge in [-0.05, 0) is 61.6 Å². The molecular weight excluding hydrogens is 517 g/mol. The topological polar surface area (TPSA) is 92.9 Å². The van der Waals surface area contributed by atoms with E-state index in [2.05, 4.69) is 43.1 Å². The number of halogens is 1. The minimum Gasteiger partial charge on any atom is -0.444 e. The molecule has 0 unspecified atom stereocenters. The number of carbonyl (C=O) groups excluding carboxylic acids is 1. The average molecular weight is 539 g/mol. The summed E-state index contributed by atoms with van der Waals surface area (Å²) in [6.45, 7) is 5.89. The van der Waals surface area contributed by atoms with Crippen LogP contribution in [0.25, 0.3) is 11.3 Å². The zero-order valence-electron chi connectivity index (χ0n) is 17.0. The molecule has 0 aliphatic rings. The number of nitrogens with zero attached hydrogens (tertiary/aromatic N) is 4. The molecule has 0 fully saturated rings. The van der Waals surface area contributed by atoms with E-state index in [4.69, 9.17) is 9.15 Å². The van der Waals surface area contributed by atoms with Crippen LogP contribution in [0, 0.1) is 3.57 Å². The van der Waals surface area contributed by atoms with Gasteiger partial charge in [-0.2, -0.15) is 5.10 Å². The maximum Gasteiger partial charge on any atom is 0.410 e. The zero-order chi connectivity index (χ0) is 21.7. The number of ether oxygens (including phenoxy) is 1. The minimum atomic E-state index is -0.526. The number of thiazole rings is 1. The molecule has 0 saturated carbocycles. The number of nitrogens with one attached hydrogen (secondary N) is 1. The van der Waals surface area contributed by atoms with Gasteiger partial charge in [0.1, 0.15) is 10.6 Å². The van der Waals surface area contributed by atoms with Crippen LogP contribution in [-0.4, -0.2) is 39.8 Å². The summed E-state index contributed by atoms with van der Waals surface area (Å²) in [5, 5.41) is 6.89. The van der Waals surface area contributed by atoms with Gasteiger partial charge in [0.15, 0.2) is 12.2 Å². The lowest BCUT2D eigenvalue weighted by Gasteiger charge is -2.24. The summed E-state index contributed by atoms with van der Waals surface area (Å²) in [6.07, 6.45) is 4.37. The van der Waals surface area contributed by atoms with E-state index in [0.717, 1.165) is 31.3 Å². The van der Waals surface area contributed by atoms with E-state index < -0.39 is 5.60 Å². The van der Waals surface area contributed by atoms with Gasteiger partial charge in [0.2, 0.25) is 0 Å². The summed E-state index contributed by atoms with van der Waals surface area (Å²) in [6, 6.07) is 5.84. The molecule has 3 aromatic rings. The molecule has 3 rings (SSSR count). The number of aromatic nitrogens is 2. The number of hydrogen-bond donors (Lipinski definition) is 1. The van der Waals surface area contributed by atoms with Gasteiger partial charge in [0.25, 0.3) is 0 Å². The van der Waals surface area contributed by atoms with Crippen molar-refractivity contribution in [1.29, 1.82) is 0 Å². The molecular formula is C20H22IN5O3S. The van der Waals surface area contributed by atoms with Crippen LogP contribution in [0.4, 0.5) is 10.5 Å². The van der Waals surface area contributed by atoms with Gasteiger partial charge < -0.3 is 14.1 Å². The summed E-state index contributed by atoms with van der Waals surface area (Å²) in [7, 11) is 1.69. The number of benzene rings is 1. The molecule has 0 spiro atoms. The van der Waals surface area contributed by atoms with Crippen molar-refractivity contribution in [3.05, 3.63) is 50.4 Å². The first-order valence-electron chi connectivity index (χ1n) is 9.07. The standard InChI is InChI=1S/C20H22IN5O3S/c1-20(2,3)29-19(27)26(4)10-14-11-30-18(24-14)9-23-25-13-5-6-15(16(21)7-13)17-8-22-12-28-17/h5-9,11-12,25H,10H2,1-4H3. The molecule has 0 radical (unpaired) electrons. The largest absolute Gasteiger partial charge is 0.444 e. The van der Waals surface area contributed by atoms with E-state index in [-0.39, 0.29) is 6.09 Å². The monoisotopic (exact) mass is 539 g/mol. The molecule has 8 nitrogen and oxygen atoms in total. The van der Waals surface area contributed by atoms with Crippen LogP contribution < -0.4 is 5.43 Å². The number of anilines is 1. The minimum absolute atomic E-state index is 0.369. The maximum absolute atomic E-state index is 12.1. The van der Waals surface area contributed by atoms with Gasteiger partial charge >= 0.3 is 6.09 Å². The quantitative estimate of drug-likeness (QED) is 0.263. The van der Waals surface area contributed by atoms with Crippen LogP contribution in [0.15, 0.2) is 45.7 Å². The predicted molar refractivity (Wildman–Crippen MR) is 126 cm³/mol. The van der Waals surface area contributed by atoms with Crippen molar-refractivity contribution in [2.24, 2.45) is 5.10 Å². The second-order valence-corrected chi connectivity index (χ2v) is 9.50. The van der Waals surface area contributed by atoms with Gasteiger partial charge in [0.05, 0.1) is 30.3 Å². The molecule has 10 heteroatoms. The Hall–Kier alpha value is -2.47. The van der Waals surface area contributed by atoms with Crippen LogP contribution in [0.3, 0.4) is 0 Å². The fraction of sp³-hybridized carbons (Fsp3) is 0.300. The molecule has 0 saturated heterocycles. The van der Waals surface area contributed by atoms with E-state index in [0.29, 0.717) is 6.54 Å². The highest BCUT2D eigenvalue weighted by molar-refractivity contribution is 14.1. The van der Waals surface area contributed by atoms with Crippen molar-refractivity contribution in [3.8, 4) is 11.3 Å². The molecule has 0 atom stereocenters. The summed E-state index contributed by atoms with van der Waals surface area (Å²) >= 11 is 3.70. The molecule has 0 aliphatic heterocycles. The third-order valence-corrected chi connectivity index (χ3v) is 5.43. The highest BCUT2D eigenvalue weighted by Gasteiger charge is 2.20. The number of hydrazone groups is 1. The molecule has 1 aromatic carbocycles. The third kappa shape index (κ3) is 6.26. The van der Waals surface area contributed by atoms with Crippen LogP contribution >= 0.6 is 33.9 Å². The van der Waals surface area contributed by atoms with Gasteiger partial charge in [0, 0.05) is 21.6 Å². The molecule has 30 heavy (non-hydrogen) atoms. The lowest BCUT2D eigenvalue weighted by Crippen LogP contribution is -2.33. The fourth-order valence-electron chi connectivity index (χ4n) is 2.40. The molecule has 2 aromatic heterocycles. The molecule has 0 bridgehead atoms. The number of oxazole rings is 1. The smallest absolute Gasteiger partial charge is 0.410 e. The van der Waals surface area contributed by atoms with Crippen LogP contribution in [0.5, 0.6) is 0 Å². The zero-order valence-corrected chi connectivity index (χ0v) is 20.0. The van der Waals surface area contributed by atoms with Crippen molar-refractivity contribution in [2.45, 2.75) is 32.9 Å². The van der Waals surface area contributed by atoms with Crippen LogP contribution in [0.2, 0.25) is 0 Å². The highest BCUT2D eigenvalue weighted by Crippen LogP contribution is 2.27. The first-order chi connectivity index (χ1) is 14.2. The van der Waals surface area contributed by atoms with Crippen molar-refractivity contribution >= 4 is 51.9 Å². The van der Waals surface area contributed by atoms with Gasteiger partial charge in [-0.15, -0.1) is 11.3 Å². The van der Waals surface area contributed by atoms with Crippen LogP contribution in [0.1, 0.15) is 31.5 Å². The Bertz CT molecular complexity index is 1030. The Morgan fingerprint density at radius 3 is 2.90 bits per heavy atom. The van der Waals surface area contributed by atoms with Gasteiger partial charge in [-0.25, -0.2) is 14.8 Å². The SMILES string of the molecule is CN(Cc1csc(C=NNc2ccc(-c3cnco3)c(I)c2)n1)C(=O)OC(C)(C)C. The number of carbonyl (C=O) groups is 1. The van der Waals surface area contributed by atoms with Crippen molar-refractivity contribution in [2.75, 3.05) is 12.5 Å². The van der Waals surface area contributed by atoms with Gasteiger partial charge in [-0.3, -0.25) is 5.43 Å². The van der Waals surface area contributed by atoms with Crippen molar-refractivity contribution in [3.63, 3.8) is 0 Å².